The zero-order chi connectivity index (χ0) is 26.0. The van der Waals surface area contributed by atoms with Crippen LogP contribution in [0.4, 0.5) is 9.59 Å². The van der Waals surface area contributed by atoms with E-state index in [0.29, 0.717) is 30.9 Å². The van der Waals surface area contributed by atoms with Crippen LogP contribution >= 0.6 is 11.6 Å². The smallest absolute Gasteiger partial charge is 0.331 e. The maximum atomic E-state index is 13.7. The predicted octanol–water partition coefficient (Wildman–Crippen LogP) is 4.69. The van der Waals surface area contributed by atoms with E-state index in [2.05, 4.69) is 10.6 Å². The summed E-state index contributed by atoms with van der Waals surface area (Å²) in [6, 6.07) is 6.53. The first-order valence-corrected chi connectivity index (χ1v) is 13.4. The molecule has 1 aromatic rings. The Morgan fingerprint density at radius 2 is 1.84 bits per heavy atom. The van der Waals surface area contributed by atoms with Crippen LogP contribution in [-0.4, -0.2) is 59.8 Å². The van der Waals surface area contributed by atoms with Crippen LogP contribution in [0.1, 0.15) is 51.5 Å². The second kappa shape index (κ2) is 10.9. The molecule has 1 aromatic carbocycles. The molecule has 4 aliphatic rings. The first kappa shape index (κ1) is 25.9. The lowest BCUT2D eigenvalue weighted by atomic mass is 9.96. The van der Waals surface area contributed by atoms with Gasteiger partial charge in [0.25, 0.3) is 0 Å². The second-order valence-electron chi connectivity index (χ2n) is 10.5. The van der Waals surface area contributed by atoms with Crippen LogP contribution in [0.25, 0.3) is 0 Å². The highest BCUT2D eigenvalue weighted by Gasteiger charge is 2.41. The van der Waals surface area contributed by atoms with Crippen LogP contribution in [0, 0.1) is 5.92 Å². The van der Waals surface area contributed by atoms with Crippen LogP contribution in [0.2, 0.25) is 5.02 Å². The molecule has 2 aliphatic carbocycles. The molecule has 0 bridgehead atoms. The summed E-state index contributed by atoms with van der Waals surface area (Å²) >= 11 is 6.06. The van der Waals surface area contributed by atoms with Crippen LogP contribution in [0.5, 0.6) is 0 Å². The number of imide groups is 1. The van der Waals surface area contributed by atoms with Crippen molar-refractivity contribution in [3.8, 4) is 0 Å². The summed E-state index contributed by atoms with van der Waals surface area (Å²) in [7, 11) is 0. The molecule has 9 nitrogen and oxygen atoms in total. The highest BCUT2D eigenvalue weighted by molar-refractivity contribution is 6.30. The number of carbonyl (C=O) groups excluding carboxylic acids is 2. The minimum atomic E-state index is -0.696. The van der Waals surface area contributed by atoms with E-state index in [-0.39, 0.29) is 18.5 Å². The third-order valence-corrected chi connectivity index (χ3v) is 7.39. The first-order chi connectivity index (χ1) is 17.8. The molecule has 1 atom stereocenters. The third-order valence-electron chi connectivity index (χ3n) is 7.14. The number of hydrogen-bond donors (Lipinski definition) is 2. The molecule has 4 amide bonds. The zero-order valence-electron chi connectivity index (χ0n) is 21.4. The summed E-state index contributed by atoms with van der Waals surface area (Å²) in [5.74, 6) is 0.221. The van der Waals surface area contributed by atoms with Gasteiger partial charge in [0.1, 0.15) is 0 Å². The number of benzene rings is 1. The molecule has 3 fully saturated rings. The Morgan fingerprint density at radius 1 is 1.11 bits per heavy atom. The van der Waals surface area contributed by atoms with Crippen molar-refractivity contribution in [1.82, 2.24) is 20.4 Å². The number of carbonyl (C=O) groups is 2. The van der Waals surface area contributed by atoms with Gasteiger partial charge < -0.3 is 19.5 Å². The van der Waals surface area contributed by atoms with Gasteiger partial charge in [-0.25, -0.2) is 14.5 Å². The van der Waals surface area contributed by atoms with Crippen molar-refractivity contribution in [3.05, 3.63) is 58.5 Å². The monoisotopic (exact) mass is 530 g/mol. The van der Waals surface area contributed by atoms with Gasteiger partial charge in [0.2, 0.25) is 0 Å². The van der Waals surface area contributed by atoms with E-state index in [1.54, 1.807) is 17.0 Å². The van der Waals surface area contributed by atoms with Gasteiger partial charge in [-0.05, 0) is 69.4 Å². The number of halogens is 1. The molecule has 0 aromatic heterocycles. The van der Waals surface area contributed by atoms with Crippen molar-refractivity contribution in [2.24, 2.45) is 5.92 Å². The van der Waals surface area contributed by atoms with Gasteiger partial charge >= 0.3 is 12.1 Å². The highest BCUT2D eigenvalue weighted by atomic mass is 35.5. The predicted molar refractivity (Wildman–Crippen MR) is 138 cm³/mol. The van der Waals surface area contributed by atoms with Crippen LogP contribution in [0.3, 0.4) is 0 Å². The molecule has 1 unspecified atom stereocenters. The molecule has 2 N–H and O–H groups in total. The van der Waals surface area contributed by atoms with E-state index in [1.165, 1.54) is 11.3 Å². The standard InChI is InChI=1S/C27H35ClN4O5/c1-27(2)35-16-19(17-36-27)15-32-25(33)30-24(31(26(32)34)14-18-6-8-20(28)9-7-18)29-21-10-12-23(13-11-21)37-22-4-3-5-22/h6-10,12,19,22,24,29H,3-5,11,13-17H2,1-2H3,(H,30,33). The molecular weight excluding hydrogens is 496 g/mol. The fourth-order valence-corrected chi connectivity index (χ4v) is 4.78. The number of allylic oxidation sites excluding steroid dienone is 4. The van der Waals surface area contributed by atoms with E-state index in [9.17, 15) is 9.59 Å². The molecule has 1 saturated carbocycles. The maximum absolute atomic E-state index is 13.7. The molecule has 0 radical (unpaired) electrons. The number of ether oxygens (including phenoxy) is 3. The van der Waals surface area contributed by atoms with Crippen molar-refractivity contribution in [2.45, 2.75) is 70.7 Å². The zero-order valence-corrected chi connectivity index (χ0v) is 22.1. The van der Waals surface area contributed by atoms with Crippen LogP contribution < -0.4 is 10.6 Å². The molecule has 2 saturated heterocycles. The van der Waals surface area contributed by atoms with E-state index in [0.717, 1.165) is 42.7 Å². The van der Waals surface area contributed by atoms with Gasteiger partial charge in [0.15, 0.2) is 12.1 Å². The number of hydrogen-bond acceptors (Lipinski definition) is 6. The molecule has 0 spiro atoms. The van der Waals surface area contributed by atoms with E-state index in [4.69, 9.17) is 25.8 Å². The van der Waals surface area contributed by atoms with E-state index in [1.807, 2.05) is 38.1 Å². The lowest BCUT2D eigenvalue weighted by Gasteiger charge is -2.43. The lowest BCUT2D eigenvalue weighted by molar-refractivity contribution is -0.262. The van der Waals surface area contributed by atoms with Gasteiger partial charge in [0.05, 0.1) is 31.6 Å². The molecular formula is C27H35ClN4O5. The Balaban J connectivity index is 1.29. The Kier molecular flexibility index (Phi) is 7.65. The van der Waals surface area contributed by atoms with Crippen LogP contribution in [0.15, 0.2) is 47.9 Å². The van der Waals surface area contributed by atoms with E-state index >= 15 is 0 Å². The summed E-state index contributed by atoms with van der Waals surface area (Å²) in [5.41, 5.74) is 1.84. The number of amides is 4. The van der Waals surface area contributed by atoms with Gasteiger partial charge in [-0.2, -0.15) is 0 Å². The van der Waals surface area contributed by atoms with E-state index < -0.39 is 18.1 Å². The Labute approximate surface area is 222 Å². The SMILES string of the molecule is CC1(C)OCC(CN2C(=O)NC(NC3=CC=C(OC4CCC4)CC3)N(Cc3ccc(Cl)cc3)C2=O)CO1. The van der Waals surface area contributed by atoms with Crippen LogP contribution in [-0.2, 0) is 20.8 Å². The van der Waals surface area contributed by atoms with Crippen molar-refractivity contribution >= 4 is 23.7 Å². The van der Waals surface area contributed by atoms with Gasteiger partial charge in [-0.1, -0.05) is 23.7 Å². The topological polar surface area (TPSA) is 92.4 Å². The highest BCUT2D eigenvalue weighted by Crippen LogP contribution is 2.29. The normalized spacial score (nSPS) is 24.7. The van der Waals surface area contributed by atoms with Crippen molar-refractivity contribution in [2.75, 3.05) is 19.8 Å². The maximum Gasteiger partial charge on any atom is 0.331 e. The molecule has 2 aliphatic heterocycles. The molecule has 10 heteroatoms. The Hall–Kier alpha value is -2.75. The summed E-state index contributed by atoms with van der Waals surface area (Å²) in [6.45, 7) is 5.03. The first-order valence-electron chi connectivity index (χ1n) is 13.0. The summed E-state index contributed by atoms with van der Waals surface area (Å²) < 4.78 is 17.5. The fraction of sp³-hybridized carbons (Fsp3) is 0.556. The Bertz CT molecular complexity index is 1060. The number of nitrogens with one attached hydrogen (secondary N) is 2. The second-order valence-corrected chi connectivity index (χ2v) is 11.0. The van der Waals surface area contributed by atoms with Gasteiger partial charge in [-0.3, -0.25) is 10.2 Å². The molecule has 37 heavy (non-hydrogen) atoms. The minimum Gasteiger partial charge on any atom is -0.495 e. The molecule has 200 valence electrons. The molecule has 2 heterocycles. The summed E-state index contributed by atoms with van der Waals surface area (Å²) in [6.07, 6.45) is 8.60. The largest absolute Gasteiger partial charge is 0.495 e. The van der Waals surface area contributed by atoms with Gasteiger partial charge in [0, 0.05) is 29.6 Å². The van der Waals surface area contributed by atoms with Gasteiger partial charge in [-0.15, -0.1) is 0 Å². The summed E-state index contributed by atoms with van der Waals surface area (Å²) in [4.78, 5) is 29.6. The lowest BCUT2D eigenvalue weighted by Crippen LogP contribution is -2.69. The summed E-state index contributed by atoms with van der Waals surface area (Å²) in [5, 5.41) is 6.97. The number of urea groups is 2. The average Bonchev–Trinajstić information content (AvgIpc) is 2.84. The van der Waals surface area contributed by atoms with Crippen molar-refractivity contribution in [1.29, 1.82) is 0 Å². The van der Waals surface area contributed by atoms with Crippen molar-refractivity contribution < 1.29 is 23.8 Å². The minimum absolute atomic E-state index is 0.107. The number of nitrogens with zero attached hydrogens (tertiary/aromatic N) is 2. The number of rotatable bonds is 8. The fourth-order valence-electron chi connectivity index (χ4n) is 4.65. The van der Waals surface area contributed by atoms with Crippen molar-refractivity contribution in [3.63, 3.8) is 0 Å². The molecule has 5 rings (SSSR count). The average molecular weight is 531 g/mol. The quantitative estimate of drug-likeness (QED) is 0.506. The Morgan fingerprint density at radius 3 is 2.46 bits per heavy atom. The third kappa shape index (κ3) is 6.40.